The van der Waals surface area contributed by atoms with Crippen LogP contribution in [0.3, 0.4) is 0 Å². The van der Waals surface area contributed by atoms with Crippen LogP contribution in [0.2, 0.25) is 0 Å². The Morgan fingerprint density at radius 1 is 0.815 bits per heavy atom. The van der Waals surface area contributed by atoms with Crippen LogP contribution in [0, 0.1) is 6.92 Å². The number of sulfone groups is 1. The largest absolute Gasteiger partial charge is 0.298 e. The Morgan fingerprint density at radius 2 is 1.41 bits per heavy atom. The van der Waals surface area contributed by atoms with Crippen LogP contribution in [0.5, 0.6) is 0 Å². The van der Waals surface area contributed by atoms with E-state index >= 15 is 0 Å². The maximum Gasteiger partial charge on any atom is 0.182 e. The zero-order valence-electron chi connectivity index (χ0n) is 15.0. The molecule has 3 aromatic carbocycles. The number of carbonyl (C=O) groups excluding carboxylic acids is 1. The van der Waals surface area contributed by atoms with E-state index in [1.807, 2.05) is 55.5 Å². The van der Waals surface area contributed by atoms with E-state index in [0.29, 0.717) is 16.0 Å². The van der Waals surface area contributed by atoms with Gasteiger partial charge in [0.25, 0.3) is 0 Å². The number of hydrogen-bond acceptors (Lipinski definition) is 3. The molecule has 0 amide bonds. The lowest BCUT2D eigenvalue weighted by atomic mass is 10.0. The Morgan fingerprint density at radius 3 is 2.00 bits per heavy atom. The van der Waals surface area contributed by atoms with Crippen LogP contribution in [0.1, 0.15) is 27.0 Å². The van der Waals surface area contributed by atoms with Gasteiger partial charge in [-0.15, -0.1) is 0 Å². The monoisotopic (exact) mass is 376 g/mol. The summed E-state index contributed by atoms with van der Waals surface area (Å²) >= 11 is 0. The quantitative estimate of drug-likeness (QED) is 0.458. The number of carbonyl (C=O) groups is 1. The maximum absolute atomic E-state index is 12.9. The summed E-state index contributed by atoms with van der Waals surface area (Å²) in [6.45, 7) is 1.93. The second-order valence-electron chi connectivity index (χ2n) is 6.39. The number of hydrogen-bond donors (Lipinski definition) is 0. The summed E-state index contributed by atoms with van der Waals surface area (Å²) in [5.41, 5.74) is 4.00. The summed E-state index contributed by atoms with van der Waals surface area (Å²) in [7, 11) is -3.48. The summed E-state index contributed by atoms with van der Waals surface area (Å²) < 4.78 is 25.9. The average molecular weight is 376 g/mol. The van der Waals surface area contributed by atoms with Crippen LogP contribution in [0.25, 0.3) is 11.6 Å². The SMILES string of the molecule is Cc1ccc(S(=O)(=O)C/C(=C\c2ccc(C=O)cc2)c2ccccc2)cc1. The minimum absolute atomic E-state index is 0.102. The molecule has 0 heterocycles. The lowest BCUT2D eigenvalue weighted by Gasteiger charge is -2.10. The molecule has 0 unspecified atom stereocenters. The van der Waals surface area contributed by atoms with Crippen LogP contribution in [0.4, 0.5) is 0 Å². The van der Waals surface area contributed by atoms with Gasteiger partial charge in [-0.25, -0.2) is 8.42 Å². The molecule has 0 fully saturated rings. The molecule has 3 nitrogen and oxygen atoms in total. The molecule has 0 aliphatic heterocycles. The van der Waals surface area contributed by atoms with E-state index in [2.05, 4.69) is 0 Å². The van der Waals surface area contributed by atoms with E-state index in [0.717, 1.165) is 23.0 Å². The van der Waals surface area contributed by atoms with E-state index in [1.165, 1.54) is 0 Å². The van der Waals surface area contributed by atoms with Gasteiger partial charge in [-0.05, 0) is 35.8 Å². The van der Waals surface area contributed by atoms with Crippen molar-refractivity contribution in [3.8, 4) is 0 Å². The number of aryl methyl sites for hydroxylation is 1. The third kappa shape index (κ3) is 4.80. The molecule has 0 saturated carbocycles. The molecule has 0 N–H and O–H groups in total. The molecule has 0 aliphatic carbocycles. The Labute approximate surface area is 159 Å². The second-order valence-corrected chi connectivity index (χ2v) is 8.38. The van der Waals surface area contributed by atoms with Crippen molar-refractivity contribution in [1.29, 1.82) is 0 Å². The normalized spacial score (nSPS) is 12.0. The van der Waals surface area contributed by atoms with Crippen LogP contribution < -0.4 is 0 Å². The van der Waals surface area contributed by atoms with Gasteiger partial charge in [0, 0.05) is 5.56 Å². The number of rotatable bonds is 6. The molecular formula is C23H20O3S. The first-order valence-corrected chi connectivity index (χ1v) is 10.2. The van der Waals surface area contributed by atoms with Gasteiger partial charge >= 0.3 is 0 Å². The lowest BCUT2D eigenvalue weighted by Crippen LogP contribution is -2.09. The van der Waals surface area contributed by atoms with E-state index < -0.39 is 9.84 Å². The first-order chi connectivity index (χ1) is 13.0. The fourth-order valence-electron chi connectivity index (χ4n) is 2.77. The molecule has 0 radical (unpaired) electrons. The van der Waals surface area contributed by atoms with Crippen molar-refractivity contribution in [1.82, 2.24) is 0 Å². The Bertz CT molecular complexity index is 1050. The molecule has 3 aromatic rings. The second kappa shape index (κ2) is 8.14. The summed E-state index contributed by atoms with van der Waals surface area (Å²) in [5, 5.41) is 0. The van der Waals surface area contributed by atoms with Gasteiger partial charge in [0.1, 0.15) is 6.29 Å². The lowest BCUT2D eigenvalue weighted by molar-refractivity contribution is 0.112. The zero-order valence-corrected chi connectivity index (χ0v) is 15.8. The van der Waals surface area contributed by atoms with Crippen LogP contribution >= 0.6 is 0 Å². The van der Waals surface area contributed by atoms with Crippen molar-refractivity contribution in [2.45, 2.75) is 11.8 Å². The summed E-state index contributed by atoms with van der Waals surface area (Å²) in [6.07, 6.45) is 2.64. The molecule has 4 heteroatoms. The van der Waals surface area contributed by atoms with Crippen LogP contribution in [-0.4, -0.2) is 20.5 Å². The predicted molar refractivity (Wildman–Crippen MR) is 109 cm³/mol. The molecule has 136 valence electrons. The van der Waals surface area contributed by atoms with Crippen molar-refractivity contribution in [3.63, 3.8) is 0 Å². The van der Waals surface area contributed by atoms with E-state index in [9.17, 15) is 13.2 Å². The minimum Gasteiger partial charge on any atom is -0.298 e. The van der Waals surface area contributed by atoms with Crippen molar-refractivity contribution in [2.75, 3.05) is 5.75 Å². The van der Waals surface area contributed by atoms with Gasteiger partial charge < -0.3 is 0 Å². The molecule has 3 rings (SSSR count). The average Bonchev–Trinajstić information content (AvgIpc) is 2.69. The van der Waals surface area contributed by atoms with Gasteiger partial charge in [-0.3, -0.25) is 4.79 Å². The fourth-order valence-corrected chi connectivity index (χ4v) is 4.14. The highest BCUT2D eigenvalue weighted by Gasteiger charge is 2.18. The van der Waals surface area contributed by atoms with Crippen molar-refractivity contribution >= 4 is 27.8 Å². The summed E-state index contributed by atoms with van der Waals surface area (Å²) in [4.78, 5) is 11.1. The third-order valence-corrected chi connectivity index (χ3v) is 5.97. The Balaban J connectivity index is 2.00. The van der Waals surface area contributed by atoms with Crippen molar-refractivity contribution in [2.24, 2.45) is 0 Å². The Kier molecular flexibility index (Phi) is 5.67. The van der Waals surface area contributed by atoms with Gasteiger partial charge in [0.15, 0.2) is 9.84 Å². The number of aldehydes is 1. The minimum atomic E-state index is -3.48. The third-order valence-electron chi connectivity index (χ3n) is 4.28. The highest BCUT2D eigenvalue weighted by atomic mass is 32.2. The first-order valence-electron chi connectivity index (χ1n) is 8.58. The molecule has 0 bridgehead atoms. The maximum atomic E-state index is 12.9. The van der Waals surface area contributed by atoms with Gasteiger partial charge in [0.05, 0.1) is 10.6 Å². The number of benzene rings is 3. The molecule has 0 aliphatic rings. The molecular weight excluding hydrogens is 356 g/mol. The zero-order chi connectivity index (χ0) is 19.3. The summed E-state index contributed by atoms with van der Waals surface area (Å²) in [6, 6.07) is 23.4. The van der Waals surface area contributed by atoms with Gasteiger partial charge in [-0.2, -0.15) is 0 Å². The van der Waals surface area contributed by atoms with Crippen LogP contribution in [-0.2, 0) is 9.84 Å². The van der Waals surface area contributed by atoms with Crippen molar-refractivity contribution in [3.05, 3.63) is 101 Å². The van der Waals surface area contributed by atoms with Gasteiger partial charge in [0.2, 0.25) is 0 Å². The van der Waals surface area contributed by atoms with E-state index in [-0.39, 0.29) is 5.75 Å². The van der Waals surface area contributed by atoms with Crippen molar-refractivity contribution < 1.29 is 13.2 Å². The fraction of sp³-hybridized carbons (Fsp3) is 0.0870. The molecule has 27 heavy (non-hydrogen) atoms. The smallest absolute Gasteiger partial charge is 0.182 e. The first kappa shape index (κ1) is 18.8. The standard InChI is InChI=1S/C23H20O3S/c1-18-7-13-23(14-8-18)27(25,26)17-22(21-5-3-2-4-6-21)15-19-9-11-20(16-24)12-10-19/h2-16H,17H2,1H3/b22-15+. The molecule has 0 spiro atoms. The van der Waals surface area contributed by atoms with Gasteiger partial charge in [-0.1, -0.05) is 78.4 Å². The molecule has 0 saturated heterocycles. The van der Waals surface area contributed by atoms with E-state index in [4.69, 9.17) is 0 Å². The predicted octanol–water partition coefficient (Wildman–Crippen LogP) is 4.82. The molecule has 0 aromatic heterocycles. The van der Waals surface area contributed by atoms with E-state index in [1.54, 1.807) is 36.4 Å². The Hall–Kier alpha value is -2.98. The topological polar surface area (TPSA) is 51.2 Å². The summed E-state index contributed by atoms with van der Waals surface area (Å²) in [5.74, 6) is -0.102. The molecule has 0 atom stereocenters. The highest BCUT2D eigenvalue weighted by Crippen LogP contribution is 2.24. The van der Waals surface area contributed by atoms with Crippen LogP contribution in [0.15, 0.2) is 83.8 Å². The highest BCUT2D eigenvalue weighted by molar-refractivity contribution is 7.91.